The lowest BCUT2D eigenvalue weighted by Gasteiger charge is -2.20. The van der Waals surface area contributed by atoms with Crippen LogP contribution in [0, 0.1) is 0 Å². The third-order valence-electron chi connectivity index (χ3n) is 2.59. The molecule has 0 aliphatic heterocycles. The van der Waals surface area contributed by atoms with Crippen molar-refractivity contribution in [3.05, 3.63) is 0 Å². The van der Waals surface area contributed by atoms with E-state index in [0.717, 1.165) is 26.2 Å². The van der Waals surface area contributed by atoms with Gasteiger partial charge in [-0.05, 0) is 56.1 Å². The molecule has 0 atom stereocenters. The van der Waals surface area contributed by atoms with Crippen LogP contribution in [0.4, 0.5) is 0 Å². The first-order valence-electron chi connectivity index (χ1n) is 7.45. The Morgan fingerprint density at radius 3 is 1.37 bits per heavy atom. The van der Waals surface area contributed by atoms with Crippen LogP contribution in [-0.4, -0.2) is 89.2 Å². The van der Waals surface area contributed by atoms with Crippen LogP contribution < -0.4 is 5.32 Å². The van der Waals surface area contributed by atoms with Gasteiger partial charge in [-0.2, -0.15) is 0 Å². The Balaban J connectivity index is -0.000000239. The average Bonchev–Trinajstić information content (AvgIpc) is 2.36. The summed E-state index contributed by atoms with van der Waals surface area (Å²) in [5, 5.41) is 3.11. The van der Waals surface area contributed by atoms with E-state index in [2.05, 4.69) is 69.1 Å². The highest BCUT2D eigenvalue weighted by Gasteiger charge is 1.99. The van der Waals surface area contributed by atoms with Gasteiger partial charge in [0.25, 0.3) is 0 Å². The Labute approximate surface area is 123 Å². The van der Waals surface area contributed by atoms with Gasteiger partial charge >= 0.3 is 0 Å². The molecule has 0 aromatic heterocycles. The molecule has 0 bridgehead atoms. The molecule has 0 amide bonds. The van der Waals surface area contributed by atoms with Gasteiger partial charge in [0, 0.05) is 32.2 Å². The van der Waals surface area contributed by atoms with Crippen LogP contribution in [0.3, 0.4) is 0 Å². The Kier molecular flexibility index (Phi) is 22.4. The van der Waals surface area contributed by atoms with Crippen LogP contribution >= 0.6 is 0 Å². The van der Waals surface area contributed by atoms with Gasteiger partial charge in [0.2, 0.25) is 0 Å². The van der Waals surface area contributed by atoms with Crippen molar-refractivity contribution in [1.29, 1.82) is 0 Å². The molecule has 0 saturated heterocycles. The summed E-state index contributed by atoms with van der Waals surface area (Å²) in [6.07, 6.45) is 0. The van der Waals surface area contributed by atoms with Crippen LogP contribution in [-0.2, 0) is 0 Å². The van der Waals surface area contributed by atoms with E-state index in [1.807, 2.05) is 20.9 Å². The summed E-state index contributed by atoms with van der Waals surface area (Å²) in [5.41, 5.74) is 0. The Morgan fingerprint density at radius 1 is 0.789 bits per heavy atom. The SMILES string of the molecule is CC.CN(C)CCN(C)C.CNCCN(C)C(C)C. The maximum Gasteiger partial charge on any atom is 0.0106 e. The third kappa shape index (κ3) is 27.2. The zero-order valence-corrected chi connectivity index (χ0v) is 15.2. The molecule has 0 aliphatic carbocycles. The van der Waals surface area contributed by atoms with Gasteiger partial charge in [0.15, 0.2) is 0 Å². The van der Waals surface area contributed by atoms with Crippen LogP contribution in [0.2, 0.25) is 0 Å². The number of likely N-dealkylation sites (N-methyl/N-ethyl adjacent to an activating group) is 4. The van der Waals surface area contributed by atoms with E-state index < -0.39 is 0 Å². The second-order valence-corrected chi connectivity index (χ2v) is 5.28. The fourth-order valence-electron chi connectivity index (χ4n) is 0.946. The summed E-state index contributed by atoms with van der Waals surface area (Å²) in [5.74, 6) is 0. The van der Waals surface area contributed by atoms with Crippen LogP contribution in [0.5, 0.6) is 0 Å². The zero-order valence-electron chi connectivity index (χ0n) is 15.2. The van der Waals surface area contributed by atoms with Crippen molar-refractivity contribution in [1.82, 2.24) is 20.0 Å². The van der Waals surface area contributed by atoms with Crippen molar-refractivity contribution >= 4 is 0 Å². The number of nitrogens with zero attached hydrogens (tertiary/aromatic N) is 3. The average molecular weight is 277 g/mol. The maximum absolute atomic E-state index is 3.11. The second-order valence-electron chi connectivity index (χ2n) is 5.28. The van der Waals surface area contributed by atoms with E-state index in [0.29, 0.717) is 6.04 Å². The minimum atomic E-state index is 0.665. The van der Waals surface area contributed by atoms with E-state index in [1.54, 1.807) is 0 Å². The van der Waals surface area contributed by atoms with Crippen molar-refractivity contribution < 1.29 is 0 Å². The fourth-order valence-corrected chi connectivity index (χ4v) is 0.946. The standard InChI is InChI=1S/C7H18N2.C6H16N2.C2H6/c1-7(2)9(4)6-5-8-3;1-7(2)5-6-8(3)4;1-2/h7-8H,5-6H2,1-4H3;5-6H2,1-4H3;1-2H3. The number of hydrogen-bond donors (Lipinski definition) is 1. The van der Waals surface area contributed by atoms with Crippen LogP contribution in [0.25, 0.3) is 0 Å². The van der Waals surface area contributed by atoms with Crippen molar-refractivity contribution in [2.45, 2.75) is 33.7 Å². The molecule has 0 heterocycles. The minimum Gasteiger partial charge on any atom is -0.318 e. The van der Waals surface area contributed by atoms with E-state index in [-0.39, 0.29) is 0 Å². The molecule has 0 aromatic carbocycles. The van der Waals surface area contributed by atoms with E-state index in [1.165, 1.54) is 0 Å². The monoisotopic (exact) mass is 276 g/mol. The topological polar surface area (TPSA) is 21.8 Å². The Morgan fingerprint density at radius 2 is 1.16 bits per heavy atom. The third-order valence-corrected chi connectivity index (χ3v) is 2.59. The molecular weight excluding hydrogens is 236 g/mol. The molecule has 0 saturated carbocycles. The van der Waals surface area contributed by atoms with E-state index in [9.17, 15) is 0 Å². The smallest absolute Gasteiger partial charge is 0.0106 e. The lowest BCUT2D eigenvalue weighted by atomic mass is 10.3. The number of nitrogens with one attached hydrogen (secondary N) is 1. The summed E-state index contributed by atoms with van der Waals surface area (Å²) in [6.45, 7) is 12.9. The maximum atomic E-state index is 3.11. The lowest BCUT2D eigenvalue weighted by Crippen LogP contribution is -2.32. The first-order valence-corrected chi connectivity index (χ1v) is 7.45. The van der Waals surface area contributed by atoms with Gasteiger partial charge in [-0.1, -0.05) is 13.8 Å². The highest BCUT2D eigenvalue weighted by Crippen LogP contribution is 1.89. The minimum absolute atomic E-state index is 0.665. The first kappa shape index (κ1) is 23.9. The summed E-state index contributed by atoms with van der Waals surface area (Å²) in [4.78, 5) is 6.68. The van der Waals surface area contributed by atoms with Crippen LogP contribution in [0.15, 0.2) is 0 Å². The van der Waals surface area contributed by atoms with Gasteiger partial charge in [-0.3, -0.25) is 0 Å². The highest BCUT2D eigenvalue weighted by molar-refractivity contribution is 4.56. The molecule has 4 nitrogen and oxygen atoms in total. The van der Waals surface area contributed by atoms with Crippen LogP contribution in [0.1, 0.15) is 27.7 Å². The molecule has 19 heavy (non-hydrogen) atoms. The van der Waals surface area contributed by atoms with E-state index in [4.69, 9.17) is 0 Å². The van der Waals surface area contributed by atoms with Crippen molar-refractivity contribution in [2.75, 3.05) is 68.5 Å². The van der Waals surface area contributed by atoms with Gasteiger partial charge in [-0.25, -0.2) is 0 Å². The number of hydrogen-bond acceptors (Lipinski definition) is 4. The normalized spacial score (nSPS) is 10.4. The Hall–Kier alpha value is -0.160. The summed E-state index contributed by atoms with van der Waals surface area (Å²) in [6, 6.07) is 0.665. The van der Waals surface area contributed by atoms with Crippen molar-refractivity contribution in [3.8, 4) is 0 Å². The predicted octanol–water partition coefficient (Wildman–Crippen LogP) is 1.68. The van der Waals surface area contributed by atoms with Gasteiger partial charge < -0.3 is 20.0 Å². The summed E-state index contributed by atoms with van der Waals surface area (Å²) < 4.78 is 0. The molecular formula is C15H40N4. The van der Waals surface area contributed by atoms with Gasteiger partial charge in [-0.15, -0.1) is 0 Å². The molecule has 4 heteroatoms. The molecule has 0 unspecified atom stereocenters. The molecule has 0 aliphatic rings. The molecule has 0 aromatic rings. The molecule has 0 rings (SSSR count). The van der Waals surface area contributed by atoms with Crippen molar-refractivity contribution in [3.63, 3.8) is 0 Å². The lowest BCUT2D eigenvalue weighted by molar-refractivity contribution is 0.276. The summed E-state index contributed by atoms with van der Waals surface area (Å²) in [7, 11) is 12.5. The predicted molar refractivity (Wildman–Crippen MR) is 90.1 cm³/mol. The Bertz CT molecular complexity index is 139. The van der Waals surface area contributed by atoms with Crippen molar-refractivity contribution in [2.24, 2.45) is 0 Å². The molecule has 120 valence electrons. The quantitative estimate of drug-likeness (QED) is 0.764. The second kappa shape index (κ2) is 17.8. The summed E-state index contributed by atoms with van der Waals surface area (Å²) >= 11 is 0. The first-order chi connectivity index (χ1) is 8.81. The molecule has 0 radical (unpaired) electrons. The largest absolute Gasteiger partial charge is 0.318 e. The molecule has 1 N–H and O–H groups in total. The zero-order chi connectivity index (χ0) is 15.8. The van der Waals surface area contributed by atoms with Gasteiger partial charge in [0.1, 0.15) is 0 Å². The molecule has 0 spiro atoms. The fraction of sp³-hybridized carbons (Fsp3) is 1.00. The number of rotatable bonds is 7. The molecule has 0 fully saturated rings. The van der Waals surface area contributed by atoms with E-state index >= 15 is 0 Å². The van der Waals surface area contributed by atoms with Gasteiger partial charge in [0.05, 0.1) is 0 Å². The highest BCUT2D eigenvalue weighted by atomic mass is 15.1.